The Kier molecular flexibility index (Phi) is 6.34. The van der Waals surface area contributed by atoms with Gasteiger partial charge in [0.15, 0.2) is 0 Å². The summed E-state index contributed by atoms with van der Waals surface area (Å²) in [5.74, 6) is 1.42. The third-order valence-electron chi connectivity index (χ3n) is 5.61. The number of aryl methyl sites for hydroxylation is 1. The van der Waals surface area contributed by atoms with Crippen molar-refractivity contribution in [3.63, 3.8) is 0 Å². The lowest BCUT2D eigenvalue weighted by Crippen LogP contribution is -2.48. The van der Waals surface area contributed by atoms with E-state index in [9.17, 15) is 9.90 Å². The highest BCUT2D eigenvalue weighted by molar-refractivity contribution is 5.59. The van der Waals surface area contributed by atoms with E-state index in [-0.39, 0.29) is 12.2 Å². The monoisotopic (exact) mass is 420 g/mol. The summed E-state index contributed by atoms with van der Waals surface area (Å²) in [6.07, 6.45) is 1.20. The first-order valence-corrected chi connectivity index (χ1v) is 10.5. The van der Waals surface area contributed by atoms with E-state index in [4.69, 9.17) is 9.72 Å². The van der Waals surface area contributed by atoms with Crippen LogP contribution in [0.1, 0.15) is 23.2 Å². The average molecular weight is 421 g/mol. The molecule has 0 unspecified atom stereocenters. The molecule has 0 atom stereocenters. The highest BCUT2D eigenvalue weighted by Crippen LogP contribution is 2.29. The average Bonchev–Trinajstić information content (AvgIpc) is 2.81. The summed E-state index contributed by atoms with van der Waals surface area (Å²) in [5, 5.41) is 9.30. The molecule has 0 spiro atoms. The van der Waals surface area contributed by atoms with Gasteiger partial charge in [-0.2, -0.15) is 0 Å². The molecule has 0 saturated carbocycles. The fraction of sp³-hybridized carbons (Fsp3) is 0.333. The van der Waals surface area contributed by atoms with Crippen LogP contribution in [0.3, 0.4) is 0 Å². The summed E-state index contributed by atoms with van der Waals surface area (Å²) < 4.78 is 7.03. The molecular weight excluding hydrogens is 392 g/mol. The van der Waals surface area contributed by atoms with Gasteiger partial charge >= 0.3 is 0 Å². The minimum Gasteiger partial charge on any atom is -0.497 e. The second kappa shape index (κ2) is 9.32. The number of hydrogen-bond acceptors (Lipinski definition) is 6. The standard InChI is InChI=1S/C24H28N4O3/c1-18-22(15-19-7-4-3-5-8-19)23(30)28-17-26(13-6-14-29)16-27(24(28)25-18)20-9-11-21(31-2)12-10-20/h3-5,7-12,29H,6,13-17H2,1-2H3. The van der Waals surface area contributed by atoms with Crippen LogP contribution >= 0.6 is 0 Å². The Labute approximate surface area is 182 Å². The molecule has 7 heteroatoms. The van der Waals surface area contributed by atoms with Crippen molar-refractivity contribution in [3.8, 4) is 5.75 Å². The molecule has 1 aliphatic rings. The number of aliphatic hydroxyl groups is 1. The number of methoxy groups -OCH3 is 1. The molecule has 1 N–H and O–H groups in total. The number of aliphatic hydroxyl groups excluding tert-OH is 1. The molecule has 4 rings (SSSR count). The smallest absolute Gasteiger partial charge is 0.259 e. The molecule has 0 aliphatic carbocycles. The zero-order valence-electron chi connectivity index (χ0n) is 18.0. The Hall–Kier alpha value is -3.16. The van der Waals surface area contributed by atoms with Crippen molar-refractivity contribution in [3.05, 3.63) is 81.8 Å². The van der Waals surface area contributed by atoms with E-state index in [1.165, 1.54) is 0 Å². The van der Waals surface area contributed by atoms with Gasteiger partial charge < -0.3 is 9.84 Å². The number of ether oxygens (including phenoxy) is 1. The molecule has 0 saturated heterocycles. The van der Waals surface area contributed by atoms with Crippen molar-refractivity contribution in [2.45, 2.75) is 26.4 Å². The number of anilines is 2. The van der Waals surface area contributed by atoms with Crippen LogP contribution in [-0.2, 0) is 13.1 Å². The number of hydrogen-bond donors (Lipinski definition) is 1. The first-order valence-electron chi connectivity index (χ1n) is 10.5. The largest absolute Gasteiger partial charge is 0.497 e. The van der Waals surface area contributed by atoms with Gasteiger partial charge in [0, 0.05) is 30.8 Å². The molecule has 1 aromatic heterocycles. The zero-order chi connectivity index (χ0) is 21.8. The summed E-state index contributed by atoms with van der Waals surface area (Å²) >= 11 is 0. The lowest BCUT2D eigenvalue weighted by molar-refractivity contribution is 0.175. The predicted octanol–water partition coefficient (Wildman–Crippen LogP) is 2.90. The molecule has 0 amide bonds. The zero-order valence-corrected chi connectivity index (χ0v) is 18.0. The van der Waals surface area contributed by atoms with Gasteiger partial charge in [-0.3, -0.25) is 19.2 Å². The van der Waals surface area contributed by atoms with Gasteiger partial charge in [-0.25, -0.2) is 4.98 Å². The number of rotatable bonds is 7. The predicted molar refractivity (Wildman–Crippen MR) is 121 cm³/mol. The van der Waals surface area contributed by atoms with Crippen molar-refractivity contribution >= 4 is 11.6 Å². The van der Waals surface area contributed by atoms with E-state index in [1.54, 1.807) is 11.7 Å². The van der Waals surface area contributed by atoms with Gasteiger partial charge in [0.05, 0.1) is 26.1 Å². The fourth-order valence-electron chi connectivity index (χ4n) is 3.93. The topological polar surface area (TPSA) is 70.8 Å². The fourth-order valence-corrected chi connectivity index (χ4v) is 3.93. The van der Waals surface area contributed by atoms with Crippen LogP contribution in [0.2, 0.25) is 0 Å². The van der Waals surface area contributed by atoms with Gasteiger partial charge in [-0.15, -0.1) is 0 Å². The van der Waals surface area contributed by atoms with Gasteiger partial charge in [-0.1, -0.05) is 30.3 Å². The molecule has 2 heterocycles. The molecule has 2 aromatic carbocycles. The SMILES string of the molecule is COc1ccc(N2CN(CCCO)Cn3c2nc(C)c(Cc2ccccc2)c3=O)cc1. The molecule has 3 aromatic rings. The minimum absolute atomic E-state index is 0.0152. The van der Waals surface area contributed by atoms with Crippen molar-refractivity contribution in [1.29, 1.82) is 0 Å². The quantitative estimate of drug-likeness (QED) is 0.634. The molecule has 0 radical (unpaired) electrons. The van der Waals surface area contributed by atoms with Crippen LogP contribution in [0.15, 0.2) is 59.4 Å². The van der Waals surface area contributed by atoms with Crippen LogP contribution in [0.4, 0.5) is 11.6 Å². The van der Waals surface area contributed by atoms with Crippen LogP contribution < -0.4 is 15.2 Å². The molecule has 0 fully saturated rings. The van der Waals surface area contributed by atoms with Gasteiger partial charge in [0.1, 0.15) is 5.75 Å². The highest BCUT2D eigenvalue weighted by atomic mass is 16.5. The molecular formula is C24H28N4O3. The Morgan fingerprint density at radius 1 is 1.06 bits per heavy atom. The first kappa shape index (κ1) is 21.1. The van der Waals surface area contributed by atoms with E-state index in [0.717, 1.165) is 22.7 Å². The number of aromatic nitrogens is 2. The lowest BCUT2D eigenvalue weighted by atomic mass is 10.1. The van der Waals surface area contributed by atoms with Gasteiger partial charge in [0.25, 0.3) is 5.56 Å². The van der Waals surface area contributed by atoms with Gasteiger partial charge in [0.2, 0.25) is 5.95 Å². The molecule has 7 nitrogen and oxygen atoms in total. The van der Waals surface area contributed by atoms with Crippen LogP contribution in [0, 0.1) is 6.92 Å². The van der Waals surface area contributed by atoms with Crippen molar-refractivity contribution < 1.29 is 9.84 Å². The number of nitrogens with zero attached hydrogens (tertiary/aromatic N) is 4. The van der Waals surface area contributed by atoms with Crippen LogP contribution in [0.25, 0.3) is 0 Å². The summed E-state index contributed by atoms with van der Waals surface area (Å²) in [5.41, 5.74) is 3.48. The number of benzene rings is 2. The third kappa shape index (κ3) is 4.47. The second-order valence-electron chi connectivity index (χ2n) is 7.75. The van der Waals surface area contributed by atoms with Crippen molar-refractivity contribution in [1.82, 2.24) is 14.5 Å². The highest BCUT2D eigenvalue weighted by Gasteiger charge is 2.27. The summed E-state index contributed by atoms with van der Waals surface area (Å²) in [6.45, 7) is 3.76. The maximum absolute atomic E-state index is 13.5. The first-order chi connectivity index (χ1) is 15.1. The van der Waals surface area contributed by atoms with E-state index in [2.05, 4.69) is 4.90 Å². The second-order valence-corrected chi connectivity index (χ2v) is 7.75. The Morgan fingerprint density at radius 3 is 2.48 bits per heavy atom. The van der Waals surface area contributed by atoms with Crippen LogP contribution in [-0.4, -0.2) is 46.5 Å². The van der Waals surface area contributed by atoms with E-state index < -0.39 is 0 Å². The van der Waals surface area contributed by atoms with E-state index in [0.29, 0.717) is 44.2 Å². The Balaban J connectivity index is 1.76. The summed E-state index contributed by atoms with van der Waals surface area (Å²) in [6, 6.07) is 17.7. The van der Waals surface area contributed by atoms with E-state index >= 15 is 0 Å². The molecule has 162 valence electrons. The molecule has 1 aliphatic heterocycles. The van der Waals surface area contributed by atoms with Gasteiger partial charge in [-0.05, 0) is 43.2 Å². The molecule has 31 heavy (non-hydrogen) atoms. The van der Waals surface area contributed by atoms with Crippen molar-refractivity contribution in [2.75, 3.05) is 31.8 Å². The Morgan fingerprint density at radius 2 is 1.81 bits per heavy atom. The number of fused-ring (bicyclic) bond motifs is 1. The third-order valence-corrected chi connectivity index (χ3v) is 5.61. The van der Waals surface area contributed by atoms with E-state index in [1.807, 2.05) is 66.4 Å². The normalized spacial score (nSPS) is 13.8. The molecule has 0 bridgehead atoms. The van der Waals surface area contributed by atoms with Crippen molar-refractivity contribution in [2.24, 2.45) is 0 Å². The lowest BCUT2D eigenvalue weighted by Gasteiger charge is -2.38. The Bertz CT molecular complexity index is 1080. The summed E-state index contributed by atoms with van der Waals surface area (Å²) in [4.78, 5) is 22.6. The maximum Gasteiger partial charge on any atom is 0.259 e. The summed E-state index contributed by atoms with van der Waals surface area (Å²) in [7, 11) is 1.64. The minimum atomic E-state index is -0.0152. The maximum atomic E-state index is 13.5. The van der Waals surface area contributed by atoms with Crippen LogP contribution in [0.5, 0.6) is 5.75 Å².